The number of benzene rings is 1. The number of H-pyrrole nitrogens is 1. The third kappa shape index (κ3) is 3.68. The van der Waals surface area contributed by atoms with E-state index in [2.05, 4.69) is 4.98 Å². The SMILES string of the molecule is Cc1cccc(CS(=O)(=O)N2CCN(C(=O)c3cc[nH]c3)CC2)c1. The Labute approximate surface area is 142 Å². The minimum absolute atomic E-state index is 0.000434. The number of nitrogens with zero attached hydrogens (tertiary/aromatic N) is 2. The molecule has 1 aliphatic heterocycles. The van der Waals surface area contributed by atoms with Gasteiger partial charge in [-0.25, -0.2) is 8.42 Å². The Morgan fingerprint density at radius 2 is 1.92 bits per heavy atom. The van der Waals surface area contributed by atoms with E-state index in [1.165, 1.54) is 4.31 Å². The van der Waals surface area contributed by atoms with Gasteiger partial charge in [0, 0.05) is 38.6 Å². The number of aromatic nitrogens is 1. The molecule has 2 heterocycles. The number of nitrogens with one attached hydrogen (secondary N) is 1. The van der Waals surface area contributed by atoms with E-state index in [4.69, 9.17) is 0 Å². The highest BCUT2D eigenvalue weighted by atomic mass is 32.2. The van der Waals surface area contributed by atoms with Crippen molar-refractivity contribution in [2.24, 2.45) is 0 Å². The van der Waals surface area contributed by atoms with Gasteiger partial charge in [-0.05, 0) is 18.6 Å². The van der Waals surface area contributed by atoms with Crippen LogP contribution in [0.4, 0.5) is 0 Å². The number of aryl methyl sites for hydroxylation is 1. The van der Waals surface area contributed by atoms with Crippen molar-refractivity contribution in [3.05, 3.63) is 59.4 Å². The average Bonchev–Trinajstić information content (AvgIpc) is 3.08. The highest BCUT2D eigenvalue weighted by Crippen LogP contribution is 2.16. The summed E-state index contributed by atoms with van der Waals surface area (Å²) in [7, 11) is -3.37. The van der Waals surface area contributed by atoms with Crippen molar-refractivity contribution in [3.63, 3.8) is 0 Å². The van der Waals surface area contributed by atoms with Gasteiger partial charge in [-0.1, -0.05) is 29.8 Å². The van der Waals surface area contributed by atoms with Gasteiger partial charge >= 0.3 is 0 Å². The summed E-state index contributed by atoms with van der Waals surface area (Å²) in [4.78, 5) is 16.8. The van der Waals surface area contributed by atoms with E-state index < -0.39 is 10.0 Å². The van der Waals surface area contributed by atoms with Crippen molar-refractivity contribution in [2.45, 2.75) is 12.7 Å². The van der Waals surface area contributed by atoms with Crippen LogP contribution in [-0.2, 0) is 15.8 Å². The number of amides is 1. The number of hydrogen-bond donors (Lipinski definition) is 1. The third-order valence-electron chi connectivity index (χ3n) is 4.20. The van der Waals surface area contributed by atoms with Gasteiger partial charge in [0.25, 0.3) is 5.91 Å². The number of sulfonamides is 1. The second kappa shape index (κ2) is 6.78. The van der Waals surface area contributed by atoms with E-state index in [-0.39, 0.29) is 11.7 Å². The minimum Gasteiger partial charge on any atom is -0.367 e. The van der Waals surface area contributed by atoms with E-state index in [0.717, 1.165) is 11.1 Å². The Kier molecular flexibility index (Phi) is 4.73. The smallest absolute Gasteiger partial charge is 0.255 e. The van der Waals surface area contributed by atoms with E-state index in [1.807, 2.05) is 31.2 Å². The van der Waals surface area contributed by atoms with E-state index in [9.17, 15) is 13.2 Å². The number of piperazine rings is 1. The maximum atomic E-state index is 12.6. The summed E-state index contributed by atoms with van der Waals surface area (Å²) in [6.07, 6.45) is 3.36. The van der Waals surface area contributed by atoms with Gasteiger partial charge < -0.3 is 9.88 Å². The van der Waals surface area contributed by atoms with Crippen LogP contribution < -0.4 is 0 Å². The lowest BCUT2D eigenvalue weighted by atomic mass is 10.2. The molecule has 3 rings (SSSR count). The summed E-state index contributed by atoms with van der Waals surface area (Å²) in [6, 6.07) is 9.26. The zero-order valence-corrected chi connectivity index (χ0v) is 14.4. The molecule has 0 radical (unpaired) electrons. The van der Waals surface area contributed by atoms with Gasteiger partial charge in [0.2, 0.25) is 10.0 Å². The Hall–Kier alpha value is -2.12. The van der Waals surface area contributed by atoms with Gasteiger partial charge in [-0.15, -0.1) is 0 Å². The minimum atomic E-state index is -3.37. The summed E-state index contributed by atoms with van der Waals surface area (Å²) in [5.41, 5.74) is 2.44. The summed E-state index contributed by atoms with van der Waals surface area (Å²) in [5, 5.41) is 0. The molecule has 0 saturated carbocycles. The maximum Gasteiger partial charge on any atom is 0.255 e. The molecule has 1 saturated heterocycles. The molecular formula is C17H21N3O3S. The van der Waals surface area contributed by atoms with Crippen molar-refractivity contribution < 1.29 is 13.2 Å². The topological polar surface area (TPSA) is 73.5 Å². The summed E-state index contributed by atoms with van der Waals surface area (Å²) >= 11 is 0. The van der Waals surface area contributed by atoms with Crippen LogP contribution in [0.3, 0.4) is 0 Å². The molecule has 0 aliphatic carbocycles. The first-order valence-corrected chi connectivity index (χ1v) is 9.52. The molecule has 1 aromatic carbocycles. The van der Waals surface area contributed by atoms with E-state index in [1.54, 1.807) is 23.4 Å². The summed E-state index contributed by atoms with van der Waals surface area (Å²) in [6.45, 7) is 3.45. The van der Waals surface area contributed by atoms with Crippen LogP contribution in [0.25, 0.3) is 0 Å². The molecule has 1 aromatic heterocycles. The second-order valence-electron chi connectivity index (χ2n) is 6.04. The predicted octanol–water partition coefficient (Wildman–Crippen LogP) is 1.61. The molecule has 1 aliphatic rings. The van der Waals surface area contributed by atoms with Crippen LogP contribution in [0.15, 0.2) is 42.7 Å². The van der Waals surface area contributed by atoms with Gasteiger partial charge in [0.05, 0.1) is 11.3 Å². The molecule has 1 fully saturated rings. The monoisotopic (exact) mass is 347 g/mol. The Morgan fingerprint density at radius 3 is 2.54 bits per heavy atom. The molecule has 0 spiro atoms. The van der Waals surface area contributed by atoms with Gasteiger partial charge in [-0.3, -0.25) is 4.79 Å². The van der Waals surface area contributed by atoms with Crippen LogP contribution in [0, 0.1) is 6.92 Å². The third-order valence-corrected chi connectivity index (χ3v) is 6.05. The fraction of sp³-hybridized carbons (Fsp3) is 0.353. The molecule has 128 valence electrons. The van der Waals surface area contributed by atoms with Gasteiger partial charge in [-0.2, -0.15) is 4.31 Å². The molecule has 1 N–H and O–H groups in total. The molecule has 0 atom stereocenters. The number of carbonyl (C=O) groups is 1. The standard InChI is InChI=1S/C17H21N3O3S/c1-14-3-2-4-15(11-14)13-24(22,23)20-9-7-19(8-10-20)17(21)16-5-6-18-12-16/h2-6,11-12,18H,7-10,13H2,1H3. The lowest BCUT2D eigenvalue weighted by Gasteiger charge is -2.34. The lowest BCUT2D eigenvalue weighted by molar-refractivity contribution is 0.0698. The lowest BCUT2D eigenvalue weighted by Crippen LogP contribution is -2.50. The fourth-order valence-electron chi connectivity index (χ4n) is 2.91. The first kappa shape index (κ1) is 16.7. The molecule has 7 heteroatoms. The number of rotatable bonds is 4. The molecule has 0 unspecified atom stereocenters. The summed E-state index contributed by atoms with van der Waals surface area (Å²) in [5.74, 6) is -0.0625. The largest absolute Gasteiger partial charge is 0.367 e. The summed E-state index contributed by atoms with van der Waals surface area (Å²) < 4.78 is 26.7. The molecule has 2 aromatic rings. The number of carbonyl (C=O) groups excluding carboxylic acids is 1. The molecule has 6 nitrogen and oxygen atoms in total. The fourth-order valence-corrected chi connectivity index (χ4v) is 4.42. The van der Waals surface area contributed by atoms with Crippen LogP contribution in [-0.4, -0.2) is 54.7 Å². The van der Waals surface area contributed by atoms with Crippen molar-refractivity contribution in [2.75, 3.05) is 26.2 Å². The van der Waals surface area contributed by atoms with E-state index >= 15 is 0 Å². The van der Waals surface area contributed by atoms with Crippen LogP contribution in [0.1, 0.15) is 21.5 Å². The molecule has 24 heavy (non-hydrogen) atoms. The second-order valence-corrected chi connectivity index (χ2v) is 8.01. The Bertz CT molecular complexity index is 807. The van der Waals surface area contributed by atoms with E-state index in [0.29, 0.717) is 31.7 Å². The van der Waals surface area contributed by atoms with Gasteiger partial charge in [0.1, 0.15) is 0 Å². The van der Waals surface area contributed by atoms with Crippen molar-refractivity contribution in [1.29, 1.82) is 0 Å². The Morgan fingerprint density at radius 1 is 1.17 bits per heavy atom. The normalized spacial score (nSPS) is 16.3. The van der Waals surface area contributed by atoms with Gasteiger partial charge in [0.15, 0.2) is 0 Å². The molecule has 0 bridgehead atoms. The van der Waals surface area contributed by atoms with Crippen molar-refractivity contribution in [1.82, 2.24) is 14.2 Å². The highest BCUT2D eigenvalue weighted by molar-refractivity contribution is 7.88. The van der Waals surface area contributed by atoms with Crippen molar-refractivity contribution in [3.8, 4) is 0 Å². The number of hydrogen-bond acceptors (Lipinski definition) is 3. The van der Waals surface area contributed by atoms with Crippen LogP contribution in [0.2, 0.25) is 0 Å². The Balaban J connectivity index is 1.62. The van der Waals surface area contributed by atoms with Crippen LogP contribution >= 0.6 is 0 Å². The zero-order valence-electron chi connectivity index (χ0n) is 13.6. The average molecular weight is 347 g/mol. The first-order chi connectivity index (χ1) is 11.5. The predicted molar refractivity (Wildman–Crippen MR) is 92.1 cm³/mol. The zero-order chi connectivity index (χ0) is 17.2. The quantitative estimate of drug-likeness (QED) is 0.913. The van der Waals surface area contributed by atoms with Crippen molar-refractivity contribution >= 4 is 15.9 Å². The molecular weight excluding hydrogens is 326 g/mol. The molecule has 1 amide bonds. The first-order valence-electron chi connectivity index (χ1n) is 7.91. The number of aromatic amines is 1. The van der Waals surface area contributed by atoms with Crippen LogP contribution in [0.5, 0.6) is 0 Å². The maximum absolute atomic E-state index is 12.6. The highest BCUT2D eigenvalue weighted by Gasteiger charge is 2.29.